The molecule has 6 heteroatoms. The summed E-state index contributed by atoms with van der Waals surface area (Å²) in [5.41, 5.74) is 1.07. The molecule has 276 valence electrons. The lowest BCUT2D eigenvalue weighted by Gasteiger charge is -2.20. The van der Waals surface area contributed by atoms with E-state index in [1.54, 1.807) is 18.3 Å². The summed E-state index contributed by atoms with van der Waals surface area (Å²) >= 11 is 0. The van der Waals surface area contributed by atoms with Crippen molar-refractivity contribution in [3.63, 3.8) is 0 Å². The largest absolute Gasteiger partial charge is 0.490 e. The first kappa shape index (κ1) is 42.3. The molecule has 1 heterocycles. The highest BCUT2D eigenvalue weighted by Crippen LogP contribution is 2.30. The van der Waals surface area contributed by atoms with Crippen LogP contribution in [-0.2, 0) is 11.3 Å². The van der Waals surface area contributed by atoms with Crippen molar-refractivity contribution >= 4 is 11.8 Å². The zero-order valence-electron chi connectivity index (χ0n) is 31.7. The Kier molecular flexibility index (Phi) is 24.9. The van der Waals surface area contributed by atoms with Gasteiger partial charge in [-0.25, -0.2) is 0 Å². The monoisotopic (exact) mass is 679 g/mol. The highest BCUT2D eigenvalue weighted by atomic mass is 16.5. The minimum Gasteiger partial charge on any atom is -0.490 e. The van der Waals surface area contributed by atoms with Crippen LogP contribution in [0.15, 0.2) is 42.6 Å². The maximum Gasteiger partial charge on any atom is 0.260 e. The van der Waals surface area contributed by atoms with Crippen molar-refractivity contribution in [1.82, 2.24) is 9.88 Å². The van der Waals surface area contributed by atoms with Crippen molar-refractivity contribution in [2.75, 3.05) is 13.2 Å². The fourth-order valence-corrected chi connectivity index (χ4v) is 6.26. The van der Waals surface area contributed by atoms with Crippen LogP contribution in [0.4, 0.5) is 0 Å². The second-order valence-corrected chi connectivity index (χ2v) is 13.9. The van der Waals surface area contributed by atoms with Crippen molar-refractivity contribution in [3.8, 4) is 11.5 Å². The van der Waals surface area contributed by atoms with Gasteiger partial charge < -0.3 is 9.47 Å². The number of hydrogen-bond acceptors (Lipinski definition) is 5. The van der Waals surface area contributed by atoms with E-state index in [4.69, 9.17) is 9.47 Å². The Hall–Kier alpha value is -2.89. The van der Waals surface area contributed by atoms with Gasteiger partial charge in [-0.2, -0.15) is 0 Å². The van der Waals surface area contributed by atoms with Crippen LogP contribution in [0.1, 0.15) is 191 Å². The highest BCUT2D eigenvalue weighted by Gasteiger charge is 2.22. The number of carbonyl (C=O) groups excluding carboxylic acids is 2. The Balaban J connectivity index is 1.82. The van der Waals surface area contributed by atoms with Crippen LogP contribution in [0.25, 0.3) is 0 Å². The molecule has 0 aliphatic heterocycles. The smallest absolute Gasteiger partial charge is 0.260 e. The molecule has 49 heavy (non-hydrogen) atoms. The van der Waals surface area contributed by atoms with E-state index in [1.165, 1.54) is 140 Å². The molecule has 0 bridgehead atoms. The maximum atomic E-state index is 13.5. The first-order valence-corrected chi connectivity index (χ1v) is 20.2. The van der Waals surface area contributed by atoms with Crippen LogP contribution in [0.5, 0.6) is 11.5 Å². The zero-order chi connectivity index (χ0) is 35.2. The Labute approximate surface area is 300 Å². The van der Waals surface area contributed by atoms with Crippen LogP contribution in [0.3, 0.4) is 0 Å². The molecule has 0 saturated carbocycles. The van der Waals surface area contributed by atoms with Crippen LogP contribution >= 0.6 is 0 Å². The van der Waals surface area contributed by atoms with Gasteiger partial charge in [0.2, 0.25) is 5.91 Å². The van der Waals surface area contributed by atoms with E-state index in [2.05, 4.69) is 18.8 Å². The molecule has 2 aromatic rings. The molecule has 0 saturated heterocycles. The van der Waals surface area contributed by atoms with Gasteiger partial charge in [-0.05, 0) is 43.2 Å². The van der Waals surface area contributed by atoms with Crippen LogP contribution in [0.2, 0.25) is 0 Å². The van der Waals surface area contributed by atoms with Gasteiger partial charge in [-0.15, -0.1) is 0 Å². The number of nitrogens with zero attached hydrogens (tertiary/aromatic N) is 2. The number of imide groups is 1. The molecule has 0 fully saturated rings. The Morgan fingerprint density at radius 3 is 1.45 bits per heavy atom. The lowest BCUT2D eigenvalue weighted by Crippen LogP contribution is -2.35. The van der Waals surface area contributed by atoms with Crippen LogP contribution in [0, 0.1) is 0 Å². The molecule has 0 N–H and O–H groups in total. The predicted octanol–water partition coefficient (Wildman–Crippen LogP) is 12.4. The number of unbranched alkanes of at least 4 members (excludes halogenated alkanes) is 22. The average molecular weight is 679 g/mol. The first-order valence-electron chi connectivity index (χ1n) is 20.2. The molecular formula is C43H70N2O4. The summed E-state index contributed by atoms with van der Waals surface area (Å²) in [5, 5.41) is 0. The number of hydrogen-bond donors (Lipinski definition) is 0. The molecule has 6 nitrogen and oxygen atoms in total. The van der Waals surface area contributed by atoms with Gasteiger partial charge in [0, 0.05) is 18.7 Å². The SMILES string of the molecule is CCCCCCCCCCCCCCOc1ccc(C(=O)N(Cc2ccccn2)C(C)=O)cc1OCCCCCCCCCCCCCC. The normalized spacial score (nSPS) is 11.1. The number of carbonyl (C=O) groups is 2. The number of rotatable bonds is 31. The van der Waals surface area contributed by atoms with E-state index in [0.717, 1.165) is 25.7 Å². The van der Waals surface area contributed by atoms with Crippen LogP contribution in [-0.4, -0.2) is 34.9 Å². The van der Waals surface area contributed by atoms with Gasteiger partial charge >= 0.3 is 0 Å². The third-order valence-corrected chi connectivity index (χ3v) is 9.37. The van der Waals surface area contributed by atoms with E-state index in [9.17, 15) is 9.59 Å². The van der Waals surface area contributed by atoms with Gasteiger partial charge in [0.25, 0.3) is 5.91 Å². The van der Waals surface area contributed by atoms with E-state index >= 15 is 0 Å². The number of amides is 2. The molecule has 0 spiro atoms. The fourth-order valence-electron chi connectivity index (χ4n) is 6.26. The minimum absolute atomic E-state index is 0.126. The van der Waals surface area contributed by atoms with Gasteiger partial charge in [0.1, 0.15) is 0 Å². The van der Waals surface area contributed by atoms with Crippen LogP contribution < -0.4 is 9.47 Å². The van der Waals surface area contributed by atoms with Crippen molar-refractivity contribution in [2.45, 2.75) is 181 Å². The quantitative estimate of drug-likeness (QED) is 0.0742. The predicted molar refractivity (Wildman–Crippen MR) is 204 cm³/mol. The molecule has 1 aromatic carbocycles. The summed E-state index contributed by atoms with van der Waals surface area (Å²) in [6.07, 6.45) is 32.8. The average Bonchev–Trinajstić information content (AvgIpc) is 3.11. The number of aromatic nitrogens is 1. The molecule has 0 unspecified atom stereocenters. The molecule has 2 rings (SSSR count). The first-order chi connectivity index (χ1) is 24.1. The van der Waals surface area contributed by atoms with Gasteiger partial charge in [0.05, 0.1) is 25.5 Å². The molecule has 0 radical (unpaired) electrons. The Morgan fingerprint density at radius 1 is 0.571 bits per heavy atom. The lowest BCUT2D eigenvalue weighted by atomic mass is 10.1. The summed E-state index contributed by atoms with van der Waals surface area (Å²) in [6, 6.07) is 10.8. The van der Waals surface area contributed by atoms with Gasteiger partial charge in [0.15, 0.2) is 11.5 Å². The summed E-state index contributed by atoms with van der Waals surface area (Å²) in [5.74, 6) is 0.564. The number of ether oxygens (including phenoxy) is 2. The fraction of sp³-hybridized carbons (Fsp3) is 0.698. The Bertz CT molecular complexity index is 1110. The minimum atomic E-state index is -0.360. The summed E-state index contributed by atoms with van der Waals surface area (Å²) in [6.45, 7) is 7.28. The standard InChI is InChI=1S/C43H70N2O4/c1-4-6-8-10-12-14-16-18-20-22-24-28-34-48-41-32-31-39(43(47)45(38(3)46)37-40-30-26-27-33-44-40)36-42(41)49-35-29-25-23-21-19-17-15-13-11-9-7-5-2/h26-27,30-33,36H,4-25,28-29,34-35,37H2,1-3H3. The van der Waals surface area contributed by atoms with E-state index in [-0.39, 0.29) is 18.4 Å². The third kappa shape index (κ3) is 20.4. The zero-order valence-corrected chi connectivity index (χ0v) is 31.7. The van der Waals surface area contributed by atoms with Crippen molar-refractivity contribution in [3.05, 3.63) is 53.9 Å². The topological polar surface area (TPSA) is 68.7 Å². The van der Waals surface area contributed by atoms with Gasteiger partial charge in [-0.1, -0.05) is 161 Å². The summed E-state index contributed by atoms with van der Waals surface area (Å²) < 4.78 is 12.5. The second-order valence-electron chi connectivity index (χ2n) is 13.9. The second kappa shape index (κ2) is 28.9. The van der Waals surface area contributed by atoms with E-state index < -0.39 is 0 Å². The highest BCUT2D eigenvalue weighted by molar-refractivity contribution is 6.04. The van der Waals surface area contributed by atoms with E-state index in [1.807, 2.05) is 24.3 Å². The number of benzene rings is 1. The summed E-state index contributed by atoms with van der Waals surface area (Å²) in [7, 11) is 0. The molecule has 1 aromatic heterocycles. The molecule has 2 amide bonds. The van der Waals surface area contributed by atoms with E-state index in [0.29, 0.717) is 36.0 Å². The lowest BCUT2D eigenvalue weighted by molar-refractivity contribution is -0.126. The van der Waals surface area contributed by atoms with Gasteiger partial charge in [-0.3, -0.25) is 19.5 Å². The Morgan fingerprint density at radius 2 is 1.02 bits per heavy atom. The number of pyridine rings is 1. The van der Waals surface area contributed by atoms with Crippen molar-refractivity contribution < 1.29 is 19.1 Å². The molecular weight excluding hydrogens is 608 g/mol. The molecule has 0 atom stereocenters. The summed E-state index contributed by atoms with van der Waals surface area (Å²) in [4.78, 5) is 31.5. The molecule has 0 aliphatic carbocycles. The molecule has 0 aliphatic rings. The maximum absolute atomic E-state index is 13.5. The van der Waals surface area contributed by atoms with Crippen molar-refractivity contribution in [1.29, 1.82) is 0 Å². The van der Waals surface area contributed by atoms with Crippen molar-refractivity contribution in [2.24, 2.45) is 0 Å². The third-order valence-electron chi connectivity index (χ3n) is 9.37.